The molecule has 0 aromatic heterocycles. The Hall–Kier alpha value is -1.06. The Morgan fingerprint density at radius 2 is 2.21 bits per heavy atom. The molecule has 1 heterocycles. The van der Waals surface area contributed by atoms with E-state index >= 15 is 0 Å². The molecule has 4 heteroatoms. The second kappa shape index (κ2) is 4.98. The minimum Gasteiger partial charge on any atom is -0.351 e. The fourth-order valence-corrected chi connectivity index (χ4v) is 1.61. The lowest BCUT2D eigenvalue weighted by molar-refractivity contribution is -0.129. The third kappa shape index (κ3) is 2.72. The van der Waals surface area contributed by atoms with E-state index in [9.17, 15) is 4.79 Å². The molecule has 1 amide bonds. The van der Waals surface area contributed by atoms with Crippen LogP contribution in [0.3, 0.4) is 0 Å². The SMILES string of the molecule is CCCC(=N)N1CCCN(C)C(=O)C1. The van der Waals surface area contributed by atoms with E-state index in [2.05, 4.69) is 6.92 Å². The highest BCUT2D eigenvalue weighted by Gasteiger charge is 2.19. The molecule has 0 spiro atoms. The van der Waals surface area contributed by atoms with Gasteiger partial charge in [0.1, 0.15) is 0 Å². The number of nitrogens with one attached hydrogen (secondary N) is 1. The van der Waals surface area contributed by atoms with E-state index in [1.54, 1.807) is 4.90 Å². The molecule has 1 N–H and O–H groups in total. The number of hydrogen-bond donors (Lipinski definition) is 1. The second-order valence-electron chi connectivity index (χ2n) is 3.79. The normalized spacial score (nSPS) is 18.3. The van der Waals surface area contributed by atoms with Crippen molar-refractivity contribution in [1.29, 1.82) is 5.41 Å². The molecule has 4 nitrogen and oxygen atoms in total. The number of amides is 1. The van der Waals surface area contributed by atoms with Crippen LogP contribution in [0.4, 0.5) is 0 Å². The highest BCUT2D eigenvalue weighted by Crippen LogP contribution is 2.05. The summed E-state index contributed by atoms with van der Waals surface area (Å²) >= 11 is 0. The van der Waals surface area contributed by atoms with E-state index in [0.717, 1.165) is 32.4 Å². The Balaban J connectivity index is 2.54. The van der Waals surface area contributed by atoms with Gasteiger partial charge >= 0.3 is 0 Å². The Bertz CT molecular complexity index is 227. The summed E-state index contributed by atoms with van der Waals surface area (Å²) < 4.78 is 0. The van der Waals surface area contributed by atoms with Crippen LogP contribution in [0.5, 0.6) is 0 Å². The van der Waals surface area contributed by atoms with Gasteiger partial charge in [0.25, 0.3) is 0 Å². The molecule has 0 unspecified atom stereocenters. The number of carbonyl (C=O) groups is 1. The average molecular weight is 197 g/mol. The summed E-state index contributed by atoms with van der Waals surface area (Å²) in [6.07, 6.45) is 2.71. The molecular weight excluding hydrogens is 178 g/mol. The Morgan fingerprint density at radius 1 is 1.50 bits per heavy atom. The molecule has 1 saturated heterocycles. The molecule has 0 saturated carbocycles. The zero-order valence-corrected chi connectivity index (χ0v) is 9.05. The fourth-order valence-electron chi connectivity index (χ4n) is 1.61. The lowest BCUT2D eigenvalue weighted by Crippen LogP contribution is -2.37. The van der Waals surface area contributed by atoms with Gasteiger partial charge < -0.3 is 9.80 Å². The first-order chi connectivity index (χ1) is 6.65. The van der Waals surface area contributed by atoms with Crippen LogP contribution >= 0.6 is 0 Å². The van der Waals surface area contributed by atoms with E-state index in [1.807, 2.05) is 11.9 Å². The zero-order chi connectivity index (χ0) is 10.6. The van der Waals surface area contributed by atoms with Gasteiger partial charge in [-0.3, -0.25) is 10.2 Å². The number of hydrogen-bond acceptors (Lipinski definition) is 2. The van der Waals surface area contributed by atoms with Crippen molar-refractivity contribution < 1.29 is 4.79 Å². The molecular formula is C10H19N3O. The molecule has 1 fully saturated rings. The maximum atomic E-state index is 11.5. The third-order valence-corrected chi connectivity index (χ3v) is 2.54. The number of nitrogens with zero attached hydrogens (tertiary/aromatic N) is 2. The first kappa shape index (κ1) is 11.0. The van der Waals surface area contributed by atoms with Crippen molar-refractivity contribution >= 4 is 11.7 Å². The first-order valence-corrected chi connectivity index (χ1v) is 5.21. The Labute approximate surface area is 85.4 Å². The topological polar surface area (TPSA) is 47.4 Å². The minimum atomic E-state index is 0.128. The summed E-state index contributed by atoms with van der Waals surface area (Å²) in [6.45, 7) is 4.10. The van der Waals surface area contributed by atoms with Crippen molar-refractivity contribution in [2.24, 2.45) is 0 Å². The second-order valence-corrected chi connectivity index (χ2v) is 3.79. The lowest BCUT2D eigenvalue weighted by Gasteiger charge is -2.21. The molecule has 0 aromatic carbocycles. The quantitative estimate of drug-likeness (QED) is 0.529. The molecule has 1 rings (SSSR count). The average Bonchev–Trinajstić information content (AvgIpc) is 2.30. The van der Waals surface area contributed by atoms with E-state index in [4.69, 9.17) is 5.41 Å². The van der Waals surface area contributed by atoms with Gasteiger partial charge in [0, 0.05) is 26.6 Å². The monoisotopic (exact) mass is 197 g/mol. The molecule has 14 heavy (non-hydrogen) atoms. The summed E-state index contributed by atoms with van der Waals surface area (Å²) in [7, 11) is 1.83. The predicted octanol–water partition coefficient (Wildman–Crippen LogP) is 0.928. The molecule has 0 atom stereocenters. The van der Waals surface area contributed by atoms with Gasteiger partial charge in [-0.1, -0.05) is 6.92 Å². The van der Waals surface area contributed by atoms with E-state index in [1.165, 1.54) is 0 Å². The van der Waals surface area contributed by atoms with E-state index in [-0.39, 0.29) is 5.91 Å². The van der Waals surface area contributed by atoms with Crippen molar-refractivity contribution in [2.45, 2.75) is 26.2 Å². The van der Waals surface area contributed by atoms with Gasteiger partial charge in [-0.05, 0) is 12.8 Å². The maximum Gasteiger partial charge on any atom is 0.241 e. The summed E-state index contributed by atoms with van der Waals surface area (Å²) in [6, 6.07) is 0. The van der Waals surface area contributed by atoms with Gasteiger partial charge in [0.05, 0.1) is 12.4 Å². The number of likely N-dealkylation sites (N-methyl/N-ethyl adjacent to an activating group) is 1. The summed E-state index contributed by atoms with van der Waals surface area (Å²) in [5.74, 6) is 0.736. The van der Waals surface area contributed by atoms with Gasteiger partial charge in [-0.2, -0.15) is 0 Å². The van der Waals surface area contributed by atoms with Crippen molar-refractivity contribution in [3.63, 3.8) is 0 Å². The van der Waals surface area contributed by atoms with Crippen LogP contribution in [0, 0.1) is 5.41 Å². The van der Waals surface area contributed by atoms with Crippen LogP contribution in [0.1, 0.15) is 26.2 Å². The van der Waals surface area contributed by atoms with Crippen LogP contribution in [-0.4, -0.2) is 48.2 Å². The van der Waals surface area contributed by atoms with Crippen LogP contribution in [0.15, 0.2) is 0 Å². The minimum absolute atomic E-state index is 0.128. The third-order valence-electron chi connectivity index (χ3n) is 2.54. The molecule has 0 aromatic rings. The van der Waals surface area contributed by atoms with E-state index < -0.39 is 0 Å². The molecule has 0 aliphatic carbocycles. The van der Waals surface area contributed by atoms with Gasteiger partial charge in [-0.15, -0.1) is 0 Å². The number of carbonyl (C=O) groups excluding carboxylic acids is 1. The fraction of sp³-hybridized carbons (Fsp3) is 0.800. The first-order valence-electron chi connectivity index (χ1n) is 5.21. The lowest BCUT2D eigenvalue weighted by atomic mass is 10.2. The largest absolute Gasteiger partial charge is 0.351 e. The molecule has 0 radical (unpaired) electrons. The van der Waals surface area contributed by atoms with Gasteiger partial charge in [0.2, 0.25) is 5.91 Å². The number of rotatable bonds is 2. The predicted molar refractivity (Wildman–Crippen MR) is 56.5 cm³/mol. The van der Waals surface area contributed by atoms with Crippen LogP contribution in [0.2, 0.25) is 0 Å². The van der Waals surface area contributed by atoms with Crippen molar-refractivity contribution in [3.8, 4) is 0 Å². The summed E-state index contributed by atoms with van der Waals surface area (Å²) in [4.78, 5) is 15.2. The number of amidine groups is 1. The summed E-state index contributed by atoms with van der Waals surface area (Å²) in [5.41, 5.74) is 0. The highest BCUT2D eigenvalue weighted by molar-refractivity contribution is 5.86. The Kier molecular flexibility index (Phi) is 3.92. The van der Waals surface area contributed by atoms with Gasteiger partial charge in [-0.25, -0.2) is 0 Å². The Morgan fingerprint density at radius 3 is 2.86 bits per heavy atom. The van der Waals surface area contributed by atoms with Crippen molar-refractivity contribution in [3.05, 3.63) is 0 Å². The van der Waals surface area contributed by atoms with Crippen LogP contribution in [0.25, 0.3) is 0 Å². The van der Waals surface area contributed by atoms with E-state index in [0.29, 0.717) is 12.4 Å². The highest BCUT2D eigenvalue weighted by atomic mass is 16.2. The molecule has 1 aliphatic heterocycles. The smallest absolute Gasteiger partial charge is 0.241 e. The molecule has 1 aliphatic rings. The molecule has 0 bridgehead atoms. The van der Waals surface area contributed by atoms with Crippen molar-refractivity contribution in [1.82, 2.24) is 9.80 Å². The van der Waals surface area contributed by atoms with Crippen molar-refractivity contribution in [2.75, 3.05) is 26.7 Å². The summed E-state index contributed by atoms with van der Waals surface area (Å²) in [5, 5.41) is 7.79. The molecule has 80 valence electrons. The van der Waals surface area contributed by atoms with Crippen LogP contribution in [-0.2, 0) is 4.79 Å². The maximum absolute atomic E-state index is 11.5. The standard InChI is InChI=1S/C10H19N3O/c1-3-5-9(11)13-7-4-6-12(2)10(14)8-13/h11H,3-8H2,1-2H3. The van der Waals surface area contributed by atoms with Gasteiger partial charge in [0.15, 0.2) is 0 Å². The van der Waals surface area contributed by atoms with Crippen LogP contribution < -0.4 is 0 Å². The zero-order valence-electron chi connectivity index (χ0n) is 9.05.